The van der Waals surface area contributed by atoms with Crippen LogP contribution < -0.4 is 30.5 Å². The number of nitrogens with one attached hydrogen (secondary N) is 2. The van der Waals surface area contributed by atoms with Gasteiger partial charge in [-0.15, -0.1) is 0 Å². The van der Waals surface area contributed by atoms with Crippen molar-refractivity contribution in [2.75, 3.05) is 52.9 Å². The zero-order valence-electron chi connectivity index (χ0n) is 45.1. The molecule has 8 rings (SSSR count). The van der Waals surface area contributed by atoms with E-state index in [2.05, 4.69) is 127 Å². The quantitative estimate of drug-likeness (QED) is 0.0286. The predicted octanol–water partition coefficient (Wildman–Crippen LogP) is 11.6. The summed E-state index contributed by atoms with van der Waals surface area (Å²) in [5, 5.41) is 16.8. The minimum Gasteiger partial charge on any atom is -0.497 e. The molecule has 1 saturated heterocycles. The van der Waals surface area contributed by atoms with Gasteiger partial charge >= 0.3 is 5.69 Å². The Bertz CT molecular complexity index is 2900. The molecule has 0 saturated carbocycles. The van der Waals surface area contributed by atoms with Crippen molar-refractivity contribution in [1.29, 1.82) is 5.26 Å². The van der Waals surface area contributed by atoms with E-state index in [9.17, 15) is 10.1 Å². The number of nitrogens with zero attached hydrogens (tertiary/aromatic N) is 4. The molecule has 402 valence electrons. The third-order valence-corrected chi connectivity index (χ3v) is 16.0. The molecule has 1 fully saturated rings. The molecule has 1 unspecified atom stereocenters. The van der Waals surface area contributed by atoms with E-state index in [-0.39, 0.29) is 31.7 Å². The van der Waals surface area contributed by atoms with Gasteiger partial charge in [-0.1, -0.05) is 127 Å². The monoisotopic (exact) mass is 1060 g/mol. The zero-order valence-corrected chi connectivity index (χ0v) is 46.0. The molecule has 7 aromatic rings. The first-order valence-corrected chi connectivity index (χ1v) is 27.4. The fourth-order valence-electron chi connectivity index (χ4n) is 10.2. The van der Waals surface area contributed by atoms with E-state index in [1.807, 2.05) is 91.0 Å². The molecule has 2 N–H and O–H groups in total. The molecule has 0 radical (unpaired) electrons. The molecule has 6 aromatic carbocycles. The van der Waals surface area contributed by atoms with Crippen molar-refractivity contribution in [2.24, 2.45) is 0 Å². The van der Waals surface area contributed by atoms with Gasteiger partial charge in [-0.25, -0.2) is 9.46 Å². The van der Waals surface area contributed by atoms with Crippen LogP contribution in [0, 0.1) is 11.3 Å². The molecule has 0 aliphatic carbocycles. The topological polar surface area (TPSA) is 151 Å². The molecule has 0 amide bonds. The van der Waals surface area contributed by atoms with E-state index in [1.54, 1.807) is 33.6 Å². The number of nitriles is 1. The highest BCUT2D eigenvalue weighted by Gasteiger charge is 2.45. The van der Waals surface area contributed by atoms with Gasteiger partial charge in [-0.2, -0.15) is 10.2 Å². The Kier molecular flexibility index (Phi) is 19.7. The number of methoxy groups -OCH3 is 3. The van der Waals surface area contributed by atoms with E-state index >= 15 is 0 Å². The van der Waals surface area contributed by atoms with Gasteiger partial charge in [-0.05, 0) is 117 Å². The summed E-state index contributed by atoms with van der Waals surface area (Å²) in [5.41, 5.74) is 3.62. The van der Waals surface area contributed by atoms with Crippen molar-refractivity contribution in [3.8, 4) is 23.3 Å². The van der Waals surface area contributed by atoms with Crippen LogP contribution >= 0.6 is 8.53 Å². The molecule has 1 aliphatic rings. The average Bonchev–Trinajstić information content (AvgIpc) is 3.91. The van der Waals surface area contributed by atoms with E-state index in [4.69, 9.17) is 32.7 Å². The molecule has 4 atom stereocenters. The van der Waals surface area contributed by atoms with Crippen molar-refractivity contribution >= 4 is 14.3 Å². The number of aromatic nitrogens is 2. The van der Waals surface area contributed by atoms with E-state index in [0.29, 0.717) is 36.8 Å². The summed E-state index contributed by atoms with van der Waals surface area (Å²) in [5.74, 6) is 2.65. The van der Waals surface area contributed by atoms with Gasteiger partial charge in [0.1, 0.15) is 41.0 Å². The third kappa shape index (κ3) is 13.1. The Morgan fingerprint density at radius 1 is 0.688 bits per heavy atom. The van der Waals surface area contributed by atoms with Crippen LogP contribution in [0.1, 0.15) is 86.6 Å². The number of hydrogen-bond acceptors (Lipinski definition) is 13. The first-order valence-electron chi connectivity index (χ1n) is 26.3. The van der Waals surface area contributed by atoms with Crippen LogP contribution in [0.2, 0.25) is 0 Å². The van der Waals surface area contributed by atoms with Crippen LogP contribution in [-0.2, 0) is 29.7 Å². The maximum Gasteiger partial charge on any atom is 0.351 e. The van der Waals surface area contributed by atoms with Crippen LogP contribution in [0.3, 0.4) is 0 Å². The van der Waals surface area contributed by atoms with E-state index in [1.165, 1.54) is 4.57 Å². The van der Waals surface area contributed by atoms with Gasteiger partial charge in [0, 0.05) is 31.2 Å². The van der Waals surface area contributed by atoms with E-state index < -0.39 is 43.8 Å². The van der Waals surface area contributed by atoms with Crippen molar-refractivity contribution in [3.63, 3.8) is 0 Å². The maximum absolute atomic E-state index is 14.2. The van der Waals surface area contributed by atoms with Gasteiger partial charge in [0.15, 0.2) is 0 Å². The number of rotatable bonds is 27. The number of hydrogen-bond donors (Lipinski definition) is 2. The molecule has 1 aromatic heterocycles. The fraction of sp³-hybridized carbons (Fsp3) is 0.339. The summed E-state index contributed by atoms with van der Waals surface area (Å²) >= 11 is 0. The molecule has 15 heteroatoms. The van der Waals surface area contributed by atoms with E-state index in [0.717, 1.165) is 45.6 Å². The predicted molar refractivity (Wildman–Crippen MR) is 302 cm³/mol. The molecule has 77 heavy (non-hydrogen) atoms. The van der Waals surface area contributed by atoms with Crippen LogP contribution in [-0.4, -0.2) is 86.1 Å². The van der Waals surface area contributed by atoms with Gasteiger partial charge in [0.25, 0.3) is 8.53 Å². The molecule has 0 spiro atoms. The molecule has 1 aliphatic heterocycles. The standard InChI is InChI=1S/C62H71N6O8P/c1-45(2)68(46(3)4)77(74-42-17-38-63)76-56-43-59(75-57(56)44-73-62(50-23-15-10-16-24-50,51-27-33-54(71-6)34-28-51)52-29-35-55(72-7)36-30-52)67-41-37-58(66-60(67)69)64-39-18-40-65-61(47-19-11-8-12-20-47,48-21-13-9-14-22-48)49-25-31-53(70-5)32-26-49/h8-16,19-37,41,45-46,56-57,59,65H,17-18,39-40,42-44H2,1-7H3,(H,64,66,69)/t56-,57+,59+,77?/m0/s1. The van der Waals surface area contributed by atoms with Crippen LogP contribution in [0.25, 0.3) is 0 Å². The lowest BCUT2D eigenvalue weighted by Gasteiger charge is -2.39. The number of anilines is 1. The average molecular weight is 1060 g/mol. The molecule has 14 nitrogen and oxygen atoms in total. The highest BCUT2D eigenvalue weighted by atomic mass is 31.2. The molecular weight excluding hydrogens is 988 g/mol. The smallest absolute Gasteiger partial charge is 0.351 e. The third-order valence-electron chi connectivity index (χ3n) is 13.8. The minimum atomic E-state index is -1.70. The Labute approximate surface area is 454 Å². The fourth-order valence-corrected chi connectivity index (χ4v) is 11.9. The maximum atomic E-state index is 14.2. The first kappa shape index (κ1) is 56.3. The van der Waals surface area contributed by atoms with Crippen LogP contribution in [0.4, 0.5) is 5.82 Å². The molecule has 2 heterocycles. The summed E-state index contributed by atoms with van der Waals surface area (Å²) in [7, 11) is 3.26. The Hall–Kier alpha value is -6.92. The second kappa shape index (κ2) is 26.9. The van der Waals surface area contributed by atoms with Crippen molar-refractivity contribution in [1.82, 2.24) is 19.5 Å². The largest absolute Gasteiger partial charge is 0.497 e. The van der Waals surface area contributed by atoms with Crippen LogP contribution in [0.15, 0.2) is 181 Å². The zero-order chi connectivity index (χ0) is 54.2. The molecular formula is C62H71N6O8P. The summed E-state index contributed by atoms with van der Waals surface area (Å²) in [4.78, 5) is 18.7. The van der Waals surface area contributed by atoms with Crippen LogP contribution in [0.5, 0.6) is 17.2 Å². The number of benzene rings is 6. The van der Waals surface area contributed by atoms with Gasteiger partial charge < -0.3 is 38.0 Å². The lowest BCUT2D eigenvalue weighted by Crippen LogP contribution is -2.45. The minimum absolute atomic E-state index is 0.0446. The summed E-state index contributed by atoms with van der Waals surface area (Å²) in [6.45, 7) is 9.81. The van der Waals surface area contributed by atoms with Gasteiger partial charge in [0.05, 0.1) is 58.7 Å². The highest BCUT2D eigenvalue weighted by Crippen LogP contribution is 2.51. The SMILES string of the molecule is COc1ccc(C(NCCCNc2ccn([C@H]3C[C@H](OP(OCCC#N)N(C(C)C)C(C)C)[C@@H](COC(c4ccccc4)(c4ccc(OC)cc4)c4ccc(OC)cc4)O3)c(=O)n2)(c2ccccc2)c2ccccc2)cc1. The summed E-state index contributed by atoms with van der Waals surface area (Å²) in [6, 6.07) is 59.0. The van der Waals surface area contributed by atoms with Crippen molar-refractivity contribution < 1.29 is 32.7 Å². The second-order valence-electron chi connectivity index (χ2n) is 19.3. The number of ether oxygens (including phenoxy) is 5. The Morgan fingerprint density at radius 3 is 1.65 bits per heavy atom. The van der Waals surface area contributed by atoms with Crippen molar-refractivity contribution in [2.45, 2.75) is 88.6 Å². The Balaban J connectivity index is 1.06. The molecule has 0 bridgehead atoms. The lowest BCUT2D eigenvalue weighted by atomic mass is 9.77. The van der Waals surface area contributed by atoms with Crippen molar-refractivity contribution in [3.05, 3.63) is 220 Å². The normalized spacial score (nSPS) is 16.1. The highest BCUT2D eigenvalue weighted by molar-refractivity contribution is 7.44. The summed E-state index contributed by atoms with van der Waals surface area (Å²) in [6.07, 6.45) is 0.877. The first-order chi connectivity index (χ1) is 37.5. The van der Waals surface area contributed by atoms with Gasteiger partial charge in [0.2, 0.25) is 0 Å². The Morgan fingerprint density at radius 2 is 1.17 bits per heavy atom. The second-order valence-corrected chi connectivity index (χ2v) is 20.7. The lowest BCUT2D eigenvalue weighted by molar-refractivity contribution is -0.0925. The van der Waals surface area contributed by atoms with Gasteiger partial charge in [-0.3, -0.25) is 9.88 Å². The summed E-state index contributed by atoms with van der Waals surface area (Å²) < 4.78 is 48.2.